The second kappa shape index (κ2) is 7.75. The Labute approximate surface area is 120 Å². The smallest absolute Gasteiger partial charge is 0.193 e. The molecule has 110 valence electrons. The van der Waals surface area contributed by atoms with Crippen molar-refractivity contribution in [2.45, 2.75) is 19.3 Å². The van der Waals surface area contributed by atoms with Crippen molar-refractivity contribution in [1.82, 2.24) is 4.90 Å². The van der Waals surface area contributed by atoms with Crippen LogP contribution in [0.4, 0.5) is 5.69 Å². The molecule has 1 saturated heterocycles. The highest BCUT2D eigenvalue weighted by molar-refractivity contribution is 5.92. The summed E-state index contributed by atoms with van der Waals surface area (Å²) in [4.78, 5) is 6.84. The van der Waals surface area contributed by atoms with Gasteiger partial charge >= 0.3 is 0 Å². The highest BCUT2D eigenvalue weighted by Gasteiger charge is 2.09. The van der Waals surface area contributed by atoms with Gasteiger partial charge in [0.25, 0.3) is 0 Å². The van der Waals surface area contributed by atoms with Crippen molar-refractivity contribution in [3.8, 4) is 5.75 Å². The lowest BCUT2D eigenvalue weighted by Gasteiger charge is -2.13. The van der Waals surface area contributed by atoms with Crippen molar-refractivity contribution in [1.29, 1.82) is 0 Å². The van der Waals surface area contributed by atoms with Gasteiger partial charge in [0.1, 0.15) is 5.75 Å². The first-order chi connectivity index (χ1) is 9.78. The maximum atomic E-state index is 5.86. The summed E-state index contributed by atoms with van der Waals surface area (Å²) in [6.07, 6.45) is 3.74. The van der Waals surface area contributed by atoms with Crippen molar-refractivity contribution in [2.24, 2.45) is 10.7 Å². The number of anilines is 1. The second-order valence-electron chi connectivity index (χ2n) is 5.02. The van der Waals surface area contributed by atoms with Gasteiger partial charge in [0, 0.05) is 12.2 Å². The van der Waals surface area contributed by atoms with Crippen LogP contribution in [-0.2, 0) is 0 Å². The predicted molar refractivity (Wildman–Crippen MR) is 83.4 cm³/mol. The number of benzene rings is 1. The Hall–Kier alpha value is -1.75. The zero-order valence-corrected chi connectivity index (χ0v) is 12.1. The van der Waals surface area contributed by atoms with E-state index in [9.17, 15) is 0 Å². The van der Waals surface area contributed by atoms with Crippen LogP contribution in [0.1, 0.15) is 19.3 Å². The quantitative estimate of drug-likeness (QED) is 0.473. The van der Waals surface area contributed by atoms with Crippen molar-refractivity contribution in [2.75, 3.05) is 38.6 Å². The van der Waals surface area contributed by atoms with Gasteiger partial charge in [-0.25, -0.2) is 0 Å². The Morgan fingerprint density at radius 2 is 2.00 bits per heavy atom. The predicted octanol–water partition coefficient (Wildman–Crippen LogP) is 1.91. The molecule has 0 aromatic heterocycles. The highest BCUT2D eigenvalue weighted by Crippen LogP contribution is 2.14. The first-order valence-electron chi connectivity index (χ1n) is 7.21. The Morgan fingerprint density at radius 3 is 2.65 bits per heavy atom. The van der Waals surface area contributed by atoms with Crippen molar-refractivity contribution in [3.05, 3.63) is 24.3 Å². The summed E-state index contributed by atoms with van der Waals surface area (Å²) in [6.45, 7) is 4.37. The molecular formula is C15H24N4O. The minimum absolute atomic E-state index is 0.469. The minimum atomic E-state index is 0.469. The number of methoxy groups -OCH3 is 1. The van der Waals surface area contributed by atoms with E-state index in [1.165, 1.54) is 25.9 Å². The van der Waals surface area contributed by atoms with E-state index in [1.807, 2.05) is 24.3 Å². The third-order valence-electron chi connectivity index (χ3n) is 3.48. The van der Waals surface area contributed by atoms with Crippen LogP contribution in [0.15, 0.2) is 29.3 Å². The molecule has 1 fully saturated rings. The molecule has 1 heterocycles. The van der Waals surface area contributed by atoms with Gasteiger partial charge in [-0.2, -0.15) is 0 Å². The largest absolute Gasteiger partial charge is 0.497 e. The van der Waals surface area contributed by atoms with Crippen LogP contribution in [0.25, 0.3) is 0 Å². The van der Waals surface area contributed by atoms with E-state index in [0.717, 1.165) is 30.9 Å². The molecule has 0 aliphatic carbocycles. The van der Waals surface area contributed by atoms with Crippen LogP contribution in [0, 0.1) is 0 Å². The van der Waals surface area contributed by atoms with Gasteiger partial charge in [0.15, 0.2) is 5.96 Å². The zero-order valence-electron chi connectivity index (χ0n) is 12.1. The molecule has 20 heavy (non-hydrogen) atoms. The number of aliphatic imine (C=N–C) groups is 1. The van der Waals surface area contributed by atoms with Crippen molar-refractivity contribution >= 4 is 11.6 Å². The monoisotopic (exact) mass is 276 g/mol. The first-order valence-corrected chi connectivity index (χ1v) is 7.21. The van der Waals surface area contributed by atoms with Gasteiger partial charge in [-0.15, -0.1) is 0 Å². The van der Waals surface area contributed by atoms with E-state index < -0.39 is 0 Å². The molecule has 1 aliphatic rings. The van der Waals surface area contributed by atoms with Crippen LogP contribution in [-0.4, -0.2) is 44.1 Å². The number of nitrogens with one attached hydrogen (secondary N) is 1. The van der Waals surface area contributed by atoms with Gasteiger partial charge in [0.2, 0.25) is 0 Å². The highest BCUT2D eigenvalue weighted by atomic mass is 16.5. The summed E-state index contributed by atoms with van der Waals surface area (Å²) in [5, 5.41) is 3.08. The van der Waals surface area contributed by atoms with Gasteiger partial charge in [-0.05, 0) is 63.2 Å². The molecule has 0 atom stereocenters. The summed E-state index contributed by atoms with van der Waals surface area (Å²) in [5.41, 5.74) is 6.79. The minimum Gasteiger partial charge on any atom is -0.497 e. The van der Waals surface area contributed by atoms with E-state index in [4.69, 9.17) is 10.5 Å². The molecule has 5 heteroatoms. The molecule has 0 unspecified atom stereocenters. The molecule has 0 radical (unpaired) electrons. The molecule has 0 bridgehead atoms. The van der Waals surface area contributed by atoms with Crippen LogP contribution in [0.2, 0.25) is 0 Å². The summed E-state index contributed by atoms with van der Waals surface area (Å²) in [5.74, 6) is 1.30. The molecule has 0 spiro atoms. The maximum absolute atomic E-state index is 5.86. The Kier molecular flexibility index (Phi) is 5.68. The van der Waals surface area contributed by atoms with Crippen LogP contribution in [0.3, 0.4) is 0 Å². The average molecular weight is 276 g/mol. The standard InChI is InChI=1S/C15H24N4O/c1-20-14-7-5-13(6-8-14)18-15(16)17-9-4-12-19-10-2-3-11-19/h5-8H,2-4,9-12H2,1H3,(H3,16,17,18). The number of hydrogen-bond donors (Lipinski definition) is 2. The average Bonchev–Trinajstić information content (AvgIpc) is 2.98. The molecule has 1 aromatic rings. The normalized spacial score (nSPS) is 16.4. The molecule has 0 amide bonds. The topological polar surface area (TPSA) is 62.9 Å². The van der Waals surface area contributed by atoms with E-state index in [1.54, 1.807) is 7.11 Å². The van der Waals surface area contributed by atoms with E-state index >= 15 is 0 Å². The summed E-state index contributed by atoms with van der Waals surface area (Å²) in [7, 11) is 1.65. The Bertz CT molecular complexity index is 424. The second-order valence-corrected chi connectivity index (χ2v) is 5.02. The number of hydrogen-bond acceptors (Lipinski definition) is 3. The van der Waals surface area contributed by atoms with Crippen LogP contribution >= 0.6 is 0 Å². The lowest BCUT2D eigenvalue weighted by Crippen LogP contribution is -2.24. The molecular weight excluding hydrogens is 252 g/mol. The first kappa shape index (κ1) is 14.7. The lowest BCUT2D eigenvalue weighted by molar-refractivity contribution is 0.336. The fraction of sp³-hybridized carbons (Fsp3) is 0.533. The molecule has 1 aliphatic heterocycles. The third kappa shape index (κ3) is 4.74. The van der Waals surface area contributed by atoms with Crippen LogP contribution < -0.4 is 15.8 Å². The van der Waals surface area contributed by atoms with Gasteiger partial charge in [-0.1, -0.05) is 0 Å². The lowest BCUT2D eigenvalue weighted by atomic mass is 10.3. The number of nitrogens with two attached hydrogens (primary N) is 1. The van der Waals surface area contributed by atoms with Gasteiger partial charge < -0.3 is 20.7 Å². The fourth-order valence-corrected chi connectivity index (χ4v) is 2.36. The Morgan fingerprint density at radius 1 is 1.30 bits per heavy atom. The molecule has 3 N–H and O–H groups in total. The Balaban J connectivity index is 1.69. The maximum Gasteiger partial charge on any atom is 0.193 e. The van der Waals surface area contributed by atoms with Crippen molar-refractivity contribution < 1.29 is 4.74 Å². The van der Waals surface area contributed by atoms with E-state index in [0.29, 0.717) is 5.96 Å². The summed E-state index contributed by atoms with van der Waals surface area (Å²) < 4.78 is 5.11. The number of nitrogens with zero attached hydrogens (tertiary/aromatic N) is 2. The van der Waals surface area contributed by atoms with E-state index in [2.05, 4.69) is 15.2 Å². The molecule has 1 aromatic carbocycles. The summed E-state index contributed by atoms with van der Waals surface area (Å²) in [6, 6.07) is 7.63. The molecule has 2 rings (SSSR count). The zero-order chi connectivity index (χ0) is 14.2. The van der Waals surface area contributed by atoms with E-state index in [-0.39, 0.29) is 0 Å². The SMILES string of the molecule is COc1ccc(NC(N)=NCCCN2CCCC2)cc1. The number of guanidine groups is 1. The number of ether oxygens (including phenoxy) is 1. The van der Waals surface area contributed by atoms with Crippen LogP contribution in [0.5, 0.6) is 5.75 Å². The molecule has 0 saturated carbocycles. The third-order valence-corrected chi connectivity index (χ3v) is 3.48. The number of likely N-dealkylation sites (tertiary alicyclic amines) is 1. The number of rotatable bonds is 6. The van der Waals surface area contributed by atoms with Crippen molar-refractivity contribution in [3.63, 3.8) is 0 Å². The molecule has 5 nitrogen and oxygen atoms in total. The van der Waals surface area contributed by atoms with Gasteiger partial charge in [0.05, 0.1) is 7.11 Å². The fourth-order valence-electron chi connectivity index (χ4n) is 2.36. The van der Waals surface area contributed by atoms with Gasteiger partial charge in [-0.3, -0.25) is 4.99 Å². The summed E-state index contributed by atoms with van der Waals surface area (Å²) >= 11 is 0.